The van der Waals surface area contributed by atoms with Crippen LogP contribution >= 0.6 is 56.8 Å². The summed E-state index contributed by atoms with van der Waals surface area (Å²) in [6.45, 7) is 40.1. The summed E-state index contributed by atoms with van der Waals surface area (Å²) in [6.07, 6.45) is 16.8. The molecule has 12 fully saturated rings. The molecule has 146 heavy (non-hydrogen) atoms. The number of carbonyl (C=O) groups excluding carboxylic acids is 3. The van der Waals surface area contributed by atoms with Crippen LogP contribution in [0.4, 0.5) is 57.9 Å². The quantitative estimate of drug-likeness (QED) is 0.0297. The minimum Gasteiger partial charge on any atom is -0.480 e. The smallest absolute Gasteiger partial charge is 0.320 e. The number of halogens is 8. The number of carbonyl (C=O) groups is 4. The topological polar surface area (TPSA) is 370 Å². The van der Waals surface area contributed by atoms with E-state index in [1.807, 2.05) is 14.7 Å². The van der Waals surface area contributed by atoms with Crippen molar-refractivity contribution in [1.29, 1.82) is 3.84 Å². The minimum atomic E-state index is -1.87. The molecule has 8 aliphatic carbocycles. The first-order valence-electron chi connectivity index (χ1n) is 48.3. The molecule has 752 valence electrons. The molecule has 42 heteroatoms. The largest absolute Gasteiger partial charge is 0.480 e. The number of ether oxygens (including phenoxy) is 4. The molecule has 0 spiro atoms. The third-order valence-corrected chi connectivity index (χ3v) is 34.9. The van der Waals surface area contributed by atoms with Crippen LogP contribution in [0.25, 0.3) is 67.0 Å². The summed E-state index contributed by atoms with van der Waals surface area (Å²) in [5.41, 5.74) is 24.3. The number of carboxylic acids is 1. The van der Waals surface area contributed by atoms with Crippen LogP contribution in [0.5, 0.6) is 0 Å². The number of hydrogen-bond acceptors (Lipinski definition) is 25. The highest BCUT2D eigenvalue weighted by Gasteiger charge is 2.76. The zero-order valence-electron chi connectivity index (χ0n) is 81.7. The summed E-state index contributed by atoms with van der Waals surface area (Å²) in [7, 11) is -1.87. The predicted octanol–water partition coefficient (Wildman–Crippen LogP) is 17.0. The Balaban J connectivity index is 0.000000120. The molecule has 29 nitrogen and oxygen atoms in total. The van der Waals surface area contributed by atoms with Gasteiger partial charge in [0.05, 0.1) is 144 Å². The zero-order valence-corrected chi connectivity index (χ0v) is 82.9. The molecule has 0 radical (unpaired) electrons. The number of fused-ring (bicyclic) bond motifs is 8. The van der Waals surface area contributed by atoms with Crippen LogP contribution in [0.15, 0.2) is 166 Å². The molecular formula is C104H97F8N20O9PS4. The normalized spacial score (nSPS) is 32.4. The van der Waals surface area contributed by atoms with Crippen molar-refractivity contribution < 1.29 is 78.4 Å². The third kappa shape index (κ3) is 19.2. The summed E-state index contributed by atoms with van der Waals surface area (Å²) in [5, 5.41) is 13.8. The summed E-state index contributed by atoms with van der Waals surface area (Å²) in [6, 6.07) is 29.7. The van der Waals surface area contributed by atoms with E-state index in [0.29, 0.717) is 116 Å². The minimum absolute atomic E-state index is 0.0220. The van der Waals surface area contributed by atoms with Crippen LogP contribution in [-0.2, 0) is 60.3 Å². The second kappa shape index (κ2) is 39.1. The monoisotopic (exact) mass is 2090 g/mol. The maximum Gasteiger partial charge on any atom is 0.320 e. The molecular weight excluding hydrogens is 1980 g/mol. The van der Waals surface area contributed by atoms with Gasteiger partial charge in [0.15, 0.2) is 20.7 Å². The first-order valence-corrected chi connectivity index (χ1v) is 50.3. The van der Waals surface area contributed by atoms with Crippen molar-refractivity contribution >= 4 is 172 Å². The van der Waals surface area contributed by atoms with Gasteiger partial charge in [-0.3, -0.25) is 59.1 Å². The summed E-state index contributed by atoms with van der Waals surface area (Å²) >= 11 is 4.82. The fraction of sp³-hybridized carbons (Fsp3) is 0.385. The Morgan fingerprint density at radius 3 is 0.918 bits per heavy atom. The first-order chi connectivity index (χ1) is 71.1. The van der Waals surface area contributed by atoms with Gasteiger partial charge in [0.2, 0.25) is 40.5 Å². The number of rotatable bonds is 16. The number of benzene rings is 4. The molecule has 4 aromatic carbocycles. The van der Waals surface area contributed by atoms with Crippen molar-refractivity contribution in [2.75, 3.05) is 52.6 Å². The average molecular weight is 2090 g/mol. The van der Waals surface area contributed by atoms with E-state index < -0.39 is 109 Å². The number of aliphatic imine (C=N–C) groups is 4. The number of carboxylic acid groups (broad SMARTS) is 1. The molecule has 0 bridgehead atoms. The van der Waals surface area contributed by atoms with E-state index in [1.165, 1.54) is 194 Å². The SMILES string of the molecule is C1COC2CC2N1.[3H]P([3H])[3H].[C-]#[N+]c1ccc(/C(F)=C/c2ccc(F)c([C@@]3(C)N=C(N)S[C@@]4(C(=O)N5CCOC6CC65)C[C@H]43)c2)nc1.[C-]#[N+]c1ccc(/C(F)=C/c2ccc(F)c([C@@]3(C)N=C(N)S[C@@]4(C(=O)N5CCO[C@@H]6C[C@@H]65)C[C@H]43)c2)nc1.[C-]#[N+]c1ccc(/C(F)=C/c2ccc(F)c([C@@]3(C)N=C(N)S[C@@]4(C(=O)N5CCO[C@H]6C[C@H]65)C[C@H]43)c2)nc1.[C-]#[N+]c1ccc(/C(F)=C/c2ccc(F)c([C@@]3(C)N=C(N)S[C@@]4(C(=O)O)C[C@H]43)c2)nc1. The van der Waals surface area contributed by atoms with Gasteiger partial charge in [-0.05, 0) is 198 Å². The number of hydrogen-bond donors (Lipinski definition) is 6. The second-order valence-electron chi connectivity index (χ2n) is 39.0. The highest BCUT2D eigenvalue weighted by molar-refractivity contribution is 8.16. The Bertz CT molecular complexity index is 6710. The summed E-state index contributed by atoms with van der Waals surface area (Å²) in [4.78, 5) is 106. The van der Waals surface area contributed by atoms with Crippen LogP contribution in [0.2, 0.25) is 0 Å². The van der Waals surface area contributed by atoms with Crippen molar-refractivity contribution in [2.24, 2.45) is 66.6 Å². The Labute approximate surface area is 858 Å². The zero-order chi connectivity index (χ0) is 106. The van der Waals surface area contributed by atoms with Crippen LogP contribution in [0, 0.1) is 73.2 Å². The van der Waals surface area contributed by atoms with Crippen molar-refractivity contribution in [3.63, 3.8) is 0 Å². The van der Waals surface area contributed by atoms with Gasteiger partial charge in [-0.1, -0.05) is 95.6 Å². The van der Waals surface area contributed by atoms with E-state index in [9.17, 15) is 46.2 Å². The maximum atomic E-state index is 15.2. The molecule has 24 rings (SSSR count). The van der Waals surface area contributed by atoms with Crippen molar-refractivity contribution in [3.05, 3.63) is 282 Å². The van der Waals surface area contributed by atoms with Crippen molar-refractivity contribution in [1.82, 2.24) is 40.0 Å². The molecule has 10 N–H and O–H groups in total. The Hall–Kier alpha value is -12.8. The molecule has 8 saturated carbocycles. The first kappa shape index (κ1) is 97.9. The molecule has 4 saturated heterocycles. The lowest BCUT2D eigenvalue weighted by molar-refractivity contribution is -0.138. The van der Waals surface area contributed by atoms with Crippen LogP contribution in [0.3, 0.4) is 0 Å². The van der Waals surface area contributed by atoms with E-state index in [2.05, 4.69) is 64.6 Å². The van der Waals surface area contributed by atoms with Crippen molar-refractivity contribution in [3.8, 4) is 0 Å². The standard InChI is InChI=1S/3C26H23F2N5O2S.C21H16F2N4O2S.C5H9NO.H3P/c3*1-25(16-9-14(3-5-17(16)27)10-18(28)19-6-4-15(30-2)13-31-19)22-12-26(22,36-24(29)32-25)23(34)33-7-8-35-21-11-20(21)33;1-20(17-9-21(17,18(28)29)30-19(24)27-20)13-7-11(3-5-14(13)22)8-15(23)16-6-4-12(25-2)10-26-16;1-2-7-5-3-4(5)6-1;/h3*3-6,9-10,13,20-22H,7-8,11-12H2,1H3,(H2,29,32);3-8,10,17H,9H2,1H3,(H2,24,27)(H,28,29);4-6H,1-3H2;1H3/b3*18-10-;15-8-;;/t20?,21?,22-,25+,26-;20-,21+,22+,25-,26+;20-,21+,22-,25+,26-;17-,20+,21-;;/m0100../s1/i;;;;;1T3. The van der Waals surface area contributed by atoms with E-state index in [4.69, 9.17) is 72.0 Å². The van der Waals surface area contributed by atoms with E-state index in [0.717, 1.165) is 50.2 Å². The number of nitrogens with one attached hydrogen (secondary N) is 1. The fourth-order valence-corrected chi connectivity index (χ4v) is 27.1. The van der Waals surface area contributed by atoms with Gasteiger partial charge in [0.1, 0.15) is 65.6 Å². The summed E-state index contributed by atoms with van der Waals surface area (Å²) in [5.74, 6) is -6.60. The van der Waals surface area contributed by atoms with E-state index in [1.54, 1.807) is 45.9 Å². The van der Waals surface area contributed by atoms with Crippen LogP contribution in [0.1, 0.15) is 146 Å². The molecule has 3 amide bonds. The molecule has 4 unspecified atom stereocenters. The number of amidine groups is 4. The molecule has 8 aliphatic heterocycles. The Kier molecular flexibility index (Phi) is 26.2. The van der Waals surface area contributed by atoms with Crippen LogP contribution in [-0.4, -0.2) is 208 Å². The number of nitrogens with zero attached hydrogens (tertiary/aromatic N) is 15. The lowest BCUT2D eigenvalue weighted by Crippen LogP contribution is -2.50. The number of nitrogens with two attached hydrogens (primary N) is 4. The summed E-state index contributed by atoms with van der Waals surface area (Å²) < 4.78 is 157. The van der Waals surface area contributed by atoms with Gasteiger partial charge < -0.3 is 67.0 Å². The molecule has 20 atom stereocenters. The lowest BCUT2D eigenvalue weighted by atomic mass is 9.84. The fourth-order valence-electron chi connectivity index (χ4n) is 21.5. The number of amides is 3. The Morgan fingerprint density at radius 2 is 0.678 bits per heavy atom. The molecule has 12 heterocycles. The number of morpholine rings is 4. The molecule has 8 aromatic rings. The number of aromatic nitrogens is 4. The van der Waals surface area contributed by atoms with Gasteiger partial charge in [0.25, 0.3) is 0 Å². The van der Waals surface area contributed by atoms with Crippen LogP contribution < -0.4 is 28.3 Å². The van der Waals surface area contributed by atoms with E-state index >= 15 is 13.2 Å². The van der Waals surface area contributed by atoms with Crippen molar-refractivity contribution in [2.45, 2.75) is 169 Å². The average Bonchev–Trinajstić information content (AvgIpc) is 1.52. The number of aliphatic carboxylic acids is 1. The molecule has 4 aromatic heterocycles. The highest BCUT2D eigenvalue weighted by Crippen LogP contribution is 2.71. The number of pyridine rings is 4. The highest BCUT2D eigenvalue weighted by atomic mass is 32.2. The lowest BCUT2D eigenvalue weighted by Gasteiger charge is -2.37. The van der Waals surface area contributed by atoms with Gasteiger partial charge in [-0.15, -0.1) is 0 Å². The van der Waals surface area contributed by atoms with Gasteiger partial charge >= 0.3 is 5.97 Å². The number of thioether (sulfide) groups is 4. The maximum absolute atomic E-state index is 15.2. The molecule has 16 aliphatic rings. The predicted molar refractivity (Wildman–Crippen MR) is 548 cm³/mol. The Morgan fingerprint density at radius 1 is 0.418 bits per heavy atom. The third-order valence-electron chi connectivity index (χ3n) is 29.8. The second-order valence-corrected chi connectivity index (χ2v) is 44.4. The van der Waals surface area contributed by atoms with Gasteiger partial charge in [-0.25, -0.2) is 54.5 Å². The van der Waals surface area contributed by atoms with Gasteiger partial charge in [0, 0.05) is 103 Å². The van der Waals surface area contributed by atoms with E-state index in [-0.39, 0.29) is 138 Å². The van der Waals surface area contributed by atoms with Gasteiger partial charge in [-0.2, -0.15) is 9.73 Å².